The van der Waals surface area contributed by atoms with Gasteiger partial charge < -0.3 is 20.3 Å². The van der Waals surface area contributed by atoms with Crippen LogP contribution in [0.15, 0.2) is 36.5 Å². The highest BCUT2D eigenvalue weighted by Crippen LogP contribution is 2.17. The summed E-state index contributed by atoms with van der Waals surface area (Å²) in [6.07, 6.45) is 74.4. The van der Waals surface area contributed by atoms with Gasteiger partial charge in [-0.25, -0.2) is 0 Å². The molecule has 6 heteroatoms. The van der Waals surface area contributed by atoms with Crippen molar-refractivity contribution in [1.29, 1.82) is 0 Å². The summed E-state index contributed by atoms with van der Waals surface area (Å²) in [7, 11) is 0. The van der Waals surface area contributed by atoms with Crippen molar-refractivity contribution < 1.29 is 24.5 Å². The van der Waals surface area contributed by atoms with E-state index in [0.717, 1.165) is 57.8 Å². The lowest BCUT2D eigenvalue weighted by molar-refractivity contribution is -0.143. The maximum atomic E-state index is 12.4. The minimum Gasteiger partial charge on any atom is -0.466 e. The fourth-order valence-electron chi connectivity index (χ4n) is 9.61. The molecule has 0 radical (unpaired) electrons. The minimum absolute atomic E-state index is 0.00664. The second-order valence-electron chi connectivity index (χ2n) is 21.4. The second-order valence-corrected chi connectivity index (χ2v) is 21.4. The summed E-state index contributed by atoms with van der Waals surface area (Å²) in [5, 5.41) is 23.2. The highest BCUT2D eigenvalue weighted by Gasteiger charge is 2.20. The highest BCUT2D eigenvalue weighted by atomic mass is 16.5. The molecule has 0 heterocycles. The van der Waals surface area contributed by atoms with Crippen LogP contribution in [-0.4, -0.2) is 47.4 Å². The molecule has 0 fully saturated rings. The molecule has 1 amide bonds. The Labute approximate surface area is 436 Å². The van der Waals surface area contributed by atoms with Gasteiger partial charge in [0.15, 0.2) is 0 Å². The zero-order chi connectivity index (χ0) is 50.7. The Hall–Kier alpha value is -1.92. The van der Waals surface area contributed by atoms with Crippen molar-refractivity contribution in [2.45, 2.75) is 347 Å². The molecule has 0 aliphatic rings. The van der Waals surface area contributed by atoms with Gasteiger partial charge in [0.2, 0.25) is 5.91 Å². The molecule has 3 N–H and O–H groups in total. The minimum atomic E-state index is -0.670. The molecule has 0 rings (SSSR count). The van der Waals surface area contributed by atoms with E-state index in [4.69, 9.17) is 4.74 Å². The van der Waals surface area contributed by atoms with Crippen LogP contribution in [-0.2, 0) is 14.3 Å². The average molecular weight is 985 g/mol. The van der Waals surface area contributed by atoms with Gasteiger partial charge >= 0.3 is 5.97 Å². The molecule has 70 heavy (non-hydrogen) atoms. The largest absolute Gasteiger partial charge is 0.466 e. The zero-order valence-corrected chi connectivity index (χ0v) is 47.0. The van der Waals surface area contributed by atoms with E-state index in [1.54, 1.807) is 0 Å². The summed E-state index contributed by atoms with van der Waals surface area (Å²) < 4.78 is 5.49. The molecular weight excluding hydrogens is 863 g/mol. The molecule has 0 aromatic heterocycles. The maximum absolute atomic E-state index is 12.4. The normalized spacial score (nSPS) is 12.8. The Morgan fingerprint density at radius 1 is 0.400 bits per heavy atom. The number of esters is 1. The third-order valence-electron chi connectivity index (χ3n) is 14.4. The van der Waals surface area contributed by atoms with Crippen molar-refractivity contribution in [3.05, 3.63) is 36.5 Å². The number of carbonyl (C=O) groups excluding carboxylic acids is 2. The first-order valence-corrected chi connectivity index (χ1v) is 31.2. The second kappa shape index (κ2) is 59.6. The topological polar surface area (TPSA) is 95.9 Å². The van der Waals surface area contributed by atoms with E-state index in [9.17, 15) is 19.8 Å². The monoisotopic (exact) mass is 984 g/mol. The van der Waals surface area contributed by atoms with Crippen LogP contribution in [0.1, 0.15) is 335 Å². The molecule has 2 unspecified atom stereocenters. The lowest BCUT2D eigenvalue weighted by Crippen LogP contribution is -2.45. The quantitative estimate of drug-likeness (QED) is 0.0321. The lowest BCUT2D eigenvalue weighted by Gasteiger charge is -2.22. The molecule has 0 spiro atoms. The van der Waals surface area contributed by atoms with Gasteiger partial charge in [-0.1, -0.05) is 275 Å². The lowest BCUT2D eigenvalue weighted by atomic mass is 10.0. The molecule has 0 aromatic carbocycles. The number of amides is 1. The summed E-state index contributed by atoms with van der Waals surface area (Å²) in [5.41, 5.74) is 0. The van der Waals surface area contributed by atoms with Crippen molar-refractivity contribution in [2.75, 3.05) is 13.2 Å². The smallest absolute Gasteiger partial charge is 0.305 e. The van der Waals surface area contributed by atoms with Crippen LogP contribution in [0.4, 0.5) is 0 Å². The number of aliphatic hydroxyl groups is 2. The molecule has 0 aliphatic heterocycles. The van der Waals surface area contributed by atoms with Crippen molar-refractivity contribution in [3.8, 4) is 0 Å². The number of aliphatic hydroxyl groups excluding tert-OH is 2. The van der Waals surface area contributed by atoms with Gasteiger partial charge in [0.05, 0.1) is 25.4 Å². The van der Waals surface area contributed by atoms with Crippen LogP contribution >= 0.6 is 0 Å². The standard InChI is InChI=1S/C64H121NO5/c1-3-5-7-9-11-13-15-16-17-18-24-28-31-34-38-42-46-50-54-58-64(69)70-59-55-51-47-43-39-35-32-29-26-23-21-19-20-22-25-27-30-33-37-41-45-49-53-57-63(68)65-61(60-66)62(67)56-52-48-44-40-36-14-12-10-8-6-4-2/h16-17,19,21-22,25,61-62,66-67H,3-15,18,20,23-24,26-60H2,1-2H3,(H,65,68)/b17-16-,21-19-,25-22-. The Kier molecular flexibility index (Phi) is 58.0. The highest BCUT2D eigenvalue weighted by molar-refractivity contribution is 5.76. The van der Waals surface area contributed by atoms with E-state index < -0.39 is 12.1 Å². The van der Waals surface area contributed by atoms with Gasteiger partial charge in [-0.2, -0.15) is 0 Å². The Morgan fingerprint density at radius 2 is 0.714 bits per heavy atom. The van der Waals surface area contributed by atoms with Gasteiger partial charge in [-0.3, -0.25) is 9.59 Å². The SMILES string of the molecule is CCCCCCCC/C=C\CCCCCCCCCCCC(=O)OCCCCCCCCCCC/C=C\C/C=C\CCCCCCCCCC(=O)NC(CO)C(O)CCCCCCCCCCCCC. The van der Waals surface area contributed by atoms with Crippen LogP contribution in [0.5, 0.6) is 0 Å². The fraction of sp³-hybridized carbons (Fsp3) is 0.875. The van der Waals surface area contributed by atoms with Gasteiger partial charge in [0.25, 0.3) is 0 Å². The summed E-state index contributed by atoms with van der Waals surface area (Å²) in [6, 6.07) is -0.548. The molecule has 2 atom stereocenters. The number of hydrogen-bond donors (Lipinski definition) is 3. The number of ether oxygens (including phenoxy) is 1. The Morgan fingerprint density at radius 3 is 1.10 bits per heavy atom. The van der Waals surface area contributed by atoms with E-state index in [-0.39, 0.29) is 18.5 Å². The third-order valence-corrected chi connectivity index (χ3v) is 14.4. The van der Waals surface area contributed by atoms with Crippen molar-refractivity contribution in [3.63, 3.8) is 0 Å². The van der Waals surface area contributed by atoms with Gasteiger partial charge in [-0.05, 0) is 83.5 Å². The van der Waals surface area contributed by atoms with Crippen LogP contribution in [0, 0.1) is 0 Å². The average Bonchev–Trinajstić information content (AvgIpc) is 3.36. The molecule has 412 valence electrons. The van der Waals surface area contributed by atoms with Crippen LogP contribution in [0.3, 0.4) is 0 Å². The van der Waals surface area contributed by atoms with E-state index in [0.29, 0.717) is 25.9 Å². The number of rotatable bonds is 58. The first-order chi connectivity index (χ1) is 34.5. The number of allylic oxidation sites excluding steroid dienone is 6. The van der Waals surface area contributed by atoms with Crippen molar-refractivity contribution in [1.82, 2.24) is 5.32 Å². The molecule has 0 saturated heterocycles. The number of hydrogen-bond acceptors (Lipinski definition) is 5. The summed E-state index contributed by atoms with van der Waals surface area (Å²) >= 11 is 0. The summed E-state index contributed by atoms with van der Waals surface area (Å²) in [6.45, 7) is 4.94. The predicted octanol–water partition coefficient (Wildman–Crippen LogP) is 19.6. The summed E-state index contributed by atoms with van der Waals surface area (Å²) in [5.74, 6) is -0.0395. The van der Waals surface area contributed by atoms with Crippen LogP contribution in [0.2, 0.25) is 0 Å². The van der Waals surface area contributed by atoms with Crippen molar-refractivity contribution >= 4 is 11.9 Å². The fourth-order valence-corrected chi connectivity index (χ4v) is 9.61. The van der Waals surface area contributed by atoms with Crippen LogP contribution < -0.4 is 5.32 Å². The molecular formula is C64H121NO5. The van der Waals surface area contributed by atoms with Crippen LogP contribution in [0.25, 0.3) is 0 Å². The third kappa shape index (κ3) is 55.4. The maximum Gasteiger partial charge on any atom is 0.305 e. The summed E-state index contributed by atoms with van der Waals surface area (Å²) in [4.78, 5) is 24.5. The van der Waals surface area contributed by atoms with Crippen molar-refractivity contribution in [2.24, 2.45) is 0 Å². The number of carbonyl (C=O) groups is 2. The Bertz CT molecular complexity index is 1130. The zero-order valence-electron chi connectivity index (χ0n) is 47.0. The molecule has 0 saturated carbocycles. The van der Waals surface area contributed by atoms with Gasteiger partial charge in [0, 0.05) is 12.8 Å². The van der Waals surface area contributed by atoms with E-state index in [1.165, 1.54) is 244 Å². The molecule has 0 bridgehead atoms. The van der Waals surface area contributed by atoms with E-state index in [2.05, 4.69) is 55.6 Å². The molecule has 6 nitrogen and oxygen atoms in total. The predicted molar refractivity (Wildman–Crippen MR) is 306 cm³/mol. The van der Waals surface area contributed by atoms with Gasteiger partial charge in [0.1, 0.15) is 0 Å². The molecule has 0 aliphatic carbocycles. The number of nitrogens with one attached hydrogen (secondary N) is 1. The van der Waals surface area contributed by atoms with E-state index in [1.807, 2.05) is 0 Å². The Balaban J connectivity index is 3.41. The molecule has 0 aromatic rings. The first-order valence-electron chi connectivity index (χ1n) is 31.2. The first kappa shape index (κ1) is 68.1. The van der Waals surface area contributed by atoms with E-state index >= 15 is 0 Å². The number of unbranched alkanes of at least 4 members (excludes halogenated alkanes) is 41. The van der Waals surface area contributed by atoms with Gasteiger partial charge in [-0.15, -0.1) is 0 Å².